The normalized spacial score (nSPS) is 15.2. The van der Waals surface area contributed by atoms with Crippen molar-refractivity contribution in [3.05, 3.63) is 58.4 Å². The number of fused-ring (bicyclic) bond motifs is 1. The van der Waals surface area contributed by atoms with Gasteiger partial charge in [0.15, 0.2) is 0 Å². The van der Waals surface area contributed by atoms with Crippen LogP contribution >= 0.6 is 0 Å². The van der Waals surface area contributed by atoms with Crippen molar-refractivity contribution in [3.8, 4) is 5.75 Å². The molecule has 0 spiro atoms. The van der Waals surface area contributed by atoms with Crippen LogP contribution in [0.3, 0.4) is 0 Å². The summed E-state index contributed by atoms with van der Waals surface area (Å²) in [7, 11) is 0. The highest BCUT2D eigenvalue weighted by Crippen LogP contribution is 2.41. The fourth-order valence-corrected chi connectivity index (χ4v) is 3.74. The zero-order valence-electron chi connectivity index (χ0n) is 19.5. The summed E-state index contributed by atoms with van der Waals surface area (Å²) in [5, 5.41) is 2.72. The maximum Gasteiger partial charge on any atom is 0.420 e. The van der Waals surface area contributed by atoms with E-state index in [1.165, 1.54) is 13.8 Å². The van der Waals surface area contributed by atoms with E-state index in [1.807, 2.05) is 0 Å². The van der Waals surface area contributed by atoms with Crippen molar-refractivity contribution in [2.45, 2.75) is 51.2 Å². The summed E-state index contributed by atoms with van der Waals surface area (Å²) in [5.41, 5.74) is -3.64. The van der Waals surface area contributed by atoms with Crippen LogP contribution in [0.5, 0.6) is 5.75 Å². The molecule has 0 unspecified atom stereocenters. The first-order chi connectivity index (χ1) is 17.2. The maximum absolute atomic E-state index is 14.7. The van der Waals surface area contributed by atoms with E-state index in [2.05, 4.69) is 15.3 Å². The topological polar surface area (TPSA) is 56.3 Å². The first-order valence-corrected chi connectivity index (χ1v) is 11.2. The highest BCUT2D eigenvalue weighted by Gasteiger charge is 2.37. The summed E-state index contributed by atoms with van der Waals surface area (Å²) in [6, 6.07) is 1.21. The van der Waals surface area contributed by atoms with E-state index in [1.54, 1.807) is 0 Å². The van der Waals surface area contributed by atoms with Crippen LogP contribution in [0.2, 0.25) is 0 Å². The molecule has 0 radical (unpaired) electrons. The van der Waals surface area contributed by atoms with Crippen LogP contribution in [-0.2, 0) is 17.1 Å². The molecule has 1 aliphatic rings. The Labute approximate surface area is 205 Å². The van der Waals surface area contributed by atoms with Gasteiger partial charge in [-0.3, -0.25) is 0 Å². The molecule has 0 aliphatic heterocycles. The van der Waals surface area contributed by atoms with Crippen LogP contribution in [0.25, 0.3) is 10.9 Å². The lowest BCUT2D eigenvalue weighted by molar-refractivity contribution is -0.140. The van der Waals surface area contributed by atoms with Gasteiger partial charge >= 0.3 is 12.4 Å². The fourth-order valence-electron chi connectivity index (χ4n) is 3.74. The predicted octanol–water partition coefficient (Wildman–Crippen LogP) is 6.98. The molecule has 1 aromatic heterocycles. The van der Waals surface area contributed by atoms with Gasteiger partial charge in [0, 0.05) is 10.9 Å². The summed E-state index contributed by atoms with van der Waals surface area (Å²) in [5.74, 6) is -3.57. The van der Waals surface area contributed by atoms with Gasteiger partial charge in [-0.15, -0.1) is 0 Å². The van der Waals surface area contributed by atoms with E-state index in [-0.39, 0.29) is 47.9 Å². The number of hydrogen-bond donors (Lipinski definition) is 1. The number of hydrogen-bond acceptors (Lipinski definition) is 5. The van der Waals surface area contributed by atoms with Crippen molar-refractivity contribution in [1.82, 2.24) is 9.97 Å². The molecule has 0 saturated heterocycles. The van der Waals surface area contributed by atoms with Crippen LogP contribution in [0, 0.1) is 18.6 Å². The van der Waals surface area contributed by atoms with E-state index in [0.717, 1.165) is 25.0 Å². The van der Waals surface area contributed by atoms with Gasteiger partial charge in [-0.1, -0.05) is 0 Å². The minimum Gasteiger partial charge on any atom is -0.491 e. The Morgan fingerprint density at radius 3 is 2.24 bits per heavy atom. The number of benzene rings is 2. The van der Waals surface area contributed by atoms with Gasteiger partial charge in [-0.2, -0.15) is 26.3 Å². The van der Waals surface area contributed by atoms with E-state index in [9.17, 15) is 35.1 Å². The molecule has 1 atom stereocenters. The summed E-state index contributed by atoms with van der Waals surface area (Å²) in [6.45, 7) is 2.57. The molecule has 1 fully saturated rings. The second-order valence-corrected chi connectivity index (χ2v) is 8.62. The Balaban J connectivity index is 1.72. The third-order valence-corrected chi connectivity index (χ3v) is 5.62. The number of nitrogens with zero attached hydrogens (tertiary/aromatic N) is 2. The van der Waals surface area contributed by atoms with E-state index < -0.39 is 52.5 Å². The number of rotatable bonds is 8. The van der Waals surface area contributed by atoms with Crippen molar-refractivity contribution >= 4 is 16.7 Å². The van der Waals surface area contributed by atoms with Gasteiger partial charge in [0.1, 0.15) is 35.6 Å². The molecule has 200 valence electrons. The fraction of sp³-hybridized carbons (Fsp3) is 0.417. The van der Waals surface area contributed by atoms with Gasteiger partial charge in [-0.25, -0.2) is 18.7 Å². The van der Waals surface area contributed by atoms with Gasteiger partial charge in [0.2, 0.25) is 0 Å². The lowest BCUT2D eigenvalue weighted by Crippen LogP contribution is -2.16. The van der Waals surface area contributed by atoms with Crippen molar-refractivity contribution in [1.29, 1.82) is 0 Å². The van der Waals surface area contributed by atoms with E-state index in [0.29, 0.717) is 6.07 Å². The Morgan fingerprint density at radius 2 is 1.62 bits per heavy atom. The second-order valence-electron chi connectivity index (χ2n) is 8.62. The number of halogens is 8. The van der Waals surface area contributed by atoms with Crippen LogP contribution in [0.15, 0.2) is 24.3 Å². The monoisotopic (exact) mass is 535 g/mol. The second kappa shape index (κ2) is 9.92. The lowest BCUT2D eigenvalue weighted by Gasteiger charge is -2.21. The average molecular weight is 535 g/mol. The summed E-state index contributed by atoms with van der Waals surface area (Å²) >= 11 is 0. The zero-order chi connectivity index (χ0) is 27.1. The van der Waals surface area contributed by atoms with Crippen LogP contribution < -0.4 is 10.1 Å². The Morgan fingerprint density at radius 1 is 0.946 bits per heavy atom. The maximum atomic E-state index is 14.7. The number of aromatic nitrogens is 2. The quantitative estimate of drug-likeness (QED) is 0.249. The first-order valence-electron chi connectivity index (χ1n) is 11.2. The molecule has 37 heavy (non-hydrogen) atoms. The molecule has 1 saturated carbocycles. The molecule has 4 rings (SSSR count). The molecule has 13 heteroatoms. The molecule has 0 amide bonds. The van der Waals surface area contributed by atoms with Crippen LogP contribution in [0.1, 0.15) is 48.3 Å². The number of nitrogens with one attached hydrogen (secondary N) is 1. The first kappa shape index (κ1) is 26.8. The minimum atomic E-state index is -5.14. The van der Waals surface area contributed by atoms with E-state index >= 15 is 0 Å². The molecule has 5 nitrogen and oxygen atoms in total. The number of anilines is 1. The van der Waals surface area contributed by atoms with Gasteiger partial charge < -0.3 is 14.8 Å². The SMILES string of the molecule is Cc1nc(N[C@H](C)c2cc(F)cc(C(F)(F)F)c2F)c2cc(OCCOC3CC3)c(C(F)(F)F)cc2n1. The van der Waals surface area contributed by atoms with Crippen molar-refractivity contribution in [2.24, 2.45) is 0 Å². The predicted molar refractivity (Wildman–Crippen MR) is 117 cm³/mol. The molecule has 1 heterocycles. The number of aryl methyl sites for hydroxylation is 1. The molecule has 2 aromatic carbocycles. The lowest BCUT2D eigenvalue weighted by atomic mass is 10.0. The van der Waals surface area contributed by atoms with Gasteiger partial charge in [0.05, 0.1) is 35.4 Å². The number of alkyl halides is 6. The van der Waals surface area contributed by atoms with Crippen molar-refractivity contribution in [2.75, 3.05) is 18.5 Å². The third kappa shape index (κ3) is 6.20. The highest BCUT2D eigenvalue weighted by atomic mass is 19.4. The number of ether oxygens (including phenoxy) is 2. The molecule has 1 N–H and O–H groups in total. The van der Waals surface area contributed by atoms with Crippen molar-refractivity contribution < 1.29 is 44.6 Å². The minimum absolute atomic E-state index is 0.0383. The van der Waals surface area contributed by atoms with Gasteiger partial charge in [0.25, 0.3) is 0 Å². The molecular weight excluding hydrogens is 514 g/mol. The van der Waals surface area contributed by atoms with Crippen LogP contribution in [-0.4, -0.2) is 29.3 Å². The van der Waals surface area contributed by atoms with Gasteiger partial charge in [-0.05, 0) is 51.0 Å². The molecule has 0 bridgehead atoms. The molecule has 3 aromatic rings. The average Bonchev–Trinajstić information content (AvgIpc) is 3.60. The largest absolute Gasteiger partial charge is 0.491 e. The molecular formula is C24H21F8N3O2. The summed E-state index contributed by atoms with van der Waals surface area (Å²) < 4.78 is 120. The Hall–Kier alpha value is -3.22. The van der Waals surface area contributed by atoms with E-state index in [4.69, 9.17) is 9.47 Å². The summed E-state index contributed by atoms with van der Waals surface area (Å²) in [4.78, 5) is 8.15. The Bertz CT molecular complexity index is 1310. The van der Waals surface area contributed by atoms with Crippen molar-refractivity contribution in [3.63, 3.8) is 0 Å². The standard InChI is InChI=1S/C24H21F8N3O2/c1-11(15-7-13(25)8-18(21(15)26)24(30,31)32)33-22-16-9-20(37-6-5-36-14-3-4-14)17(23(27,28)29)10-19(16)34-12(2)35-22/h7-11,14H,3-6H2,1-2H3,(H,33,34,35)/t11-/m1/s1. The molecule has 1 aliphatic carbocycles. The highest BCUT2D eigenvalue weighted by molar-refractivity contribution is 5.91. The Kier molecular flexibility index (Phi) is 7.19. The zero-order valence-corrected chi connectivity index (χ0v) is 19.5. The smallest absolute Gasteiger partial charge is 0.420 e. The summed E-state index contributed by atoms with van der Waals surface area (Å²) in [6.07, 6.45) is -8.08. The van der Waals surface area contributed by atoms with Crippen LogP contribution in [0.4, 0.5) is 40.9 Å². The third-order valence-electron chi connectivity index (χ3n) is 5.62.